The van der Waals surface area contributed by atoms with E-state index >= 15 is 0 Å². The molecule has 1 aliphatic heterocycles. The molecule has 0 bridgehead atoms. The van der Waals surface area contributed by atoms with E-state index < -0.39 is 11.7 Å². The fraction of sp³-hybridized carbons (Fsp3) is 0.471. The molecule has 1 atom stereocenters. The minimum absolute atomic E-state index is 0.0924. The van der Waals surface area contributed by atoms with Crippen LogP contribution in [0.3, 0.4) is 0 Å². The van der Waals surface area contributed by atoms with Gasteiger partial charge < -0.3 is 16.4 Å². The van der Waals surface area contributed by atoms with E-state index in [9.17, 15) is 18.8 Å². The molecule has 136 valence electrons. The zero-order valence-electron chi connectivity index (χ0n) is 14.0. The van der Waals surface area contributed by atoms with Gasteiger partial charge in [-0.15, -0.1) is 0 Å². The van der Waals surface area contributed by atoms with Crippen LogP contribution in [0.2, 0.25) is 0 Å². The van der Waals surface area contributed by atoms with E-state index in [4.69, 9.17) is 5.73 Å². The number of carbonyl (C=O) groups excluding carboxylic acids is 3. The maximum absolute atomic E-state index is 12.8. The highest BCUT2D eigenvalue weighted by Gasteiger charge is 2.26. The largest absolute Gasteiger partial charge is 0.369 e. The molecule has 0 aromatic heterocycles. The van der Waals surface area contributed by atoms with E-state index in [1.54, 1.807) is 0 Å². The highest BCUT2D eigenvalue weighted by Crippen LogP contribution is 2.16. The molecule has 1 aromatic rings. The van der Waals surface area contributed by atoms with E-state index in [1.165, 1.54) is 24.3 Å². The van der Waals surface area contributed by atoms with E-state index in [-0.39, 0.29) is 30.8 Å². The normalized spacial score (nSPS) is 17.7. The molecular weight excluding hydrogens is 327 g/mol. The van der Waals surface area contributed by atoms with Crippen LogP contribution in [0.5, 0.6) is 0 Å². The number of piperidine rings is 1. The molecule has 1 saturated heterocycles. The number of likely N-dealkylation sites (tertiary alicyclic amines) is 1. The highest BCUT2D eigenvalue weighted by molar-refractivity contribution is 5.94. The Morgan fingerprint density at radius 3 is 2.52 bits per heavy atom. The molecule has 0 unspecified atom stereocenters. The third-order valence-electron chi connectivity index (χ3n) is 4.07. The number of rotatable bonds is 7. The standard InChI is InChI=1S/C17H23FN4O3/c18-14-5-3-12(4-6-14)16(24)20-7-8-21-17(25)13-2-1-9-22(10-13)11-15(19)23/h3-6,13H,1-2,7-11H2,(H2,19,23)(H,20,24)(H,21,25)/t13-/m0/s1. The second-order valence-electron chi connectivity index (χ2n) is 6.09. The van der Waals surface area contributed by atoms with Crippen LogP contribution < -0.4 is 16.4 Å². The summed E-state index contributed by atoms with van der Waals surface area (Å²) in [7, 11) is 0. The average molecular weight is 350 g/mol. The summed E-state index contributed by atoms with van der Waals surface area (Å²) < 4.78 is 12.8. The molecule has 1 fully saturated rings. The van der Waals surface area contributed by atoms with E-state index in [0.717, 1.165) is 19.4 Å². The van der Waals surface area contributed by atoms with Crippen LogP contribution in [0.1, 0.15) is 23.2 Å². The molecule has 7 nitrogen and oxygen atoms in total. The van der Waals surface area contributed by atoms with Crippen LogP contribution in [0.25, 0.3) is 0 Å². The minimum Gasteiger partial charge on any atom is -0.369 e. The quantitative estimate of drug-likeness (QED) is 0.596. The van der Waals surface area contributed by atoms with Crippen molar-refractivity contribution >= 4 is 17.7 Å². The van der Waals surface area contributed by atoms with Gasteiger partial charge >= 0.3 is 0 Å². The van der Waals surface area contributed by atoms with Gasteiger partial charge in [0.15, 0.2) is 0 Å². The first-order valence-electron chi connectivity index (χ1n) is 8.28. The zero-order chi connectivity index (χ0) is 18.2. The number of primary amides is 1. The molecule has 0 saturated carbocycles. The smallest absolute Gasteiger partial charge is 0.251 e. The lowest BCUT2D eigenvalue weighted by molar-refractivity contribution is -0.128. The van der Waals surface area contributed by atoms with Crippen molar-refractivity contribution in [1.82, 2.24) is 15.5 Å². The van der Waals surface area contributed by atoms with Gasteiger partial charge in [-0.3, -0.25) is 19.3 Å². The molecule has 0 aliphatic carbocycles. The van der Waals surface area contributed by atoms with Crippen LogP contribution in [-0.2, 0) is 9.59 Å². The van der Waals surface area contributed by atoms with Crippen molar-refractivity contribution in [3.8, 4) is 0 Å². The minimum atomic E-state index is -0.401. The molecule has 4 N–H and O–H groups in total. The third kappa shape index (κ3) is 6.15. The van der Waals surface area contributed by atoms with Crippen LogP contribution >= 0.6 is 0 Å². The molecule has 0 radical (unpaired) electrons. The third-order valence-corrected chi connectivity index (χ3v) is 4.07. The van der Waals surface area contributed by atoms with Gasteiger partial charge in [0.05, 0.1) is 12.5 Å². The number of amides is 3. The Balaban J connectivity index is 1.68. The molecule has 0 spiro atoms. The highest BCUT2D eigenvalue weighted by atomic mass is 19.1. The molecule has 1 heterocycles. The summed E-state index contributed by atoms with van der Waals surface area (Å²) in [6.07, 6.45) is 1.61. The van der Waals surface area contributed by atoms with Gasteiger partial charge in [0.25, 0.3) is 5.91 Å². The lowest BCUT2D eigenvalue weighted by Crippen LogP contribution is -2.46. The molecule has 1 aliphatic rings. The van der Waals surface area contributed by atoms with Gasteiger partial charge in [-0.1, -0.05) is 0 Å². The first-order valence-corrected chi connectivity index (χ1v) is 8.28. The second-order valence-corrected chi connectivity index (χ2v) is 6.09. The number of nitrogens with zero attached hydrogens (tertiary/aromatic N) is 1. The number of nitrogens with one attached hydrogen (secondary N) is 2. The lowest BCUT2D eigenvalue weighted by Gasteiger charge is -2.30. The van der Waals surface area contributed by atoms with E-state index in [1.807, 2.05) is 4.90 Å². The number of nitrogens with two attached hydrogens (primary N) is 1. The topological polar surface area (TPSA) is 105 Å². The summed E-state index contributed by atoms with van der Waals surface area (Å²) in [4.78, 5) is 36.9. The zero-order valence-corrected chi connectivity index (χ0v) is 14.0. The Bertz CT molecular complexity index is 621. The van der Waals surface area contributed by atoms with Crippen LogP contribution in [-0.4, -0.2) is 55.3 Å². The van der Waals surface area contributed by atoms with Crippen LogP contribution in [0, 0.1) is 11.7 Å². The molecular formula is C17H23FN4O3. The van der Waals surface area contributed by atoms with E-state index in [0.29, 0.717) is 18.7 Å². The Kier molecular flexibility index (Phi) is 6.88. The molecule has 1 aromatic carbocycles. The van der Waals surface area contributed by atoms with Gasteiger partial charge in [-0.05, 0) is 43.7 Å². The fourth-order valence-corrected chi connectivity index (χ4v) is 2.84. The average Bonchev–Trinajstić information content (AvgIpc) is 2.58. The SMILES string of the molecule is NC(=O)CN1CCC[C@H](C(=O)NCCNC(=O)c2ccc(F)cc2)C1. The molecule has 8 heteroatoms. The predicted octanol–water partition coefficient (Wildman–Crippen LogP) is -0.131. The second kappa shape index (κ2) is 9.12. The summed E-state index contributed by atoms with van der Waals surface area (Å²) in [5, 5.41) is 5.45. The van der Waals surface area contributed by atoms with Crippen LogP contribution in [0.4, 0.5) is 4.39 Å². The lowest BCUT2D eigenvalue weighted by atomic mass is 9.97. The maximum atomic E-state index is 12.8. The van der Waals surface area contributed by atoms with Gasteiger partial charge in [0, 0.05) is 25.2 Å². The van der Waals surface area contributed by atoms with Crippen molar-refractivity contribution in [1.29, 1.82) is 0 Å². The summed E-state index contributed by atoms with van der Waals surface area (Å²) >= 11 is 0. The first-order chi connectivity index (χ1) is 12.0. The van der Waals surface area contributed by atoms with Gasteiger partial charge in [0.2, 0.25) is 11.8 Å². The summed E-state index contributed by atoms with van der Waals surface area (Å²) in [6.45, 7) is 2.02. The molecule has 2 rings (SSSR count). The van der Waals surface area contributed by atoms with Gasteiger partial charge in [0.1, 0.15) is 5.82 Å². The van der Waals surface area contributed by atoms with Crippen molar-refractivity contribution in [3.05, 3.63) is 35.6 Å². The summed E-state index contributed by atoms with van der Waals surface area (Å²) in [6, 6.07) is 5.24. The van der Waals surface area contributed by atoms with Crippen molar-refractivity contribution in [2.45, 2.75) is 12.8 Å². The number of benzene rings is 1. The van der Waals surface area contributed by atoms with Crippen LogP contribution in [0.15, 0.2) is 24.3 Å². The van der Waals surface area contributed by atoms with Crippen molar-refractivity contribution in [2.24, 2.45) is 11.7 Å². The van der Waals surface area contributed by atoms with Gasteiger partial charge in [-0.25, -0.2) is 4.39 Å². The number of hydrogen-bond acceptors (Lipinski definition) is 4. The van der Waals surface area contributed by atoms with Crippen molar-refractivity contribution in [3.63, 3.8) is 0 Å². The number of hydrogen-bond donors (Lipinski definition) is 3. The summed E-state index contributed by atoms with van der Waals surface area (Å²) in [5.74, 6) is -1.39. The maximum Gasteiger partial charge on any atom is 0.251 e. The Labute approximate surface area is 145 Å². The van der Waals surface area contributed by atoms with E-state index in [2.05, 4.69) is 10.6 Å². The Morgan fingerprint density at radius 1 is 1.16 bits per heavy atom. The molecule has 25 heavy (non-hydrogen) atoms. The first kappa shape index (κ1) is 18.9. The summed E-state index contributed by atoms with van der Waals surface area (Å²) in [5.41, 5.74) is 5.55. The van der Waals surface area contributed by atoms with Crippen molar-refractivity contribution in [2.75, 3.05) is 32.7 Å². The molecule has 3 amide bonds. The predicted molar refractivity (Wildman–Crippen MR) is 90.1 cm³/mol. The number of halogens is 1. The Morgan fingerprint density at radius 2 is 1.84 bits per heavy atom. The number of carbonyl (C=O) groups is 3. The fourth-order valence-electron chi connectivity index (χ4n) is 2.84. The van der Waals surface area contributed by atoms with Crippen molar-refractivity contribution < 1.29 is 18.8 Å². The monoisotopic (exact) mass is 350 g/mol. The van der Waals surface area contributed by atoms with Gasteiger partial charge in [-0.2, -0.15) is 0 Å². The Hall–Kier alpha value is -2.48.